The van der Waals surface area contributed by atoms with Gasteiger partial charge in [-0.2, -0.15) is 0 Å². The van der Waals surface area contributed by atoms with Crippen LogP contribution in [0.1, 0.15) is 25.7 Å². The third-order valence-electron chi connectivity index (χ3n) is 1.33. The monoisotopic (exact) mass is 154 g/mol. The molecular weight excluding hydrogens is 140 g/mol. The third kappa shape index (κ3) is 8.95. The smallest absolute Gasteiger partial charge is 0.290 e. The molecule has 1 aliphatic carbocycles. The van der Waals surface area contributed by atoms with E-state index in [1.807, 2.05) is 0 Å². The molecule has 0 fully saturated rings. The Morgan fingerprint density at radius 3 is 1.27 bits per heavy atom. The molecule has 0 aromatic carbocycles. The van der Waals surface area contributed by atoms with Crippen LogP contribution in [0, 0.1) is 0 Å². The summed E-state index contributed by atoms with van der Waals surface area (Å²) in [6.45, 7) is -0.250. The van der Waals surface area contributed by atoms with Gasteiger partial charge in [0.2, 0.25) is 0 Å². The third-order valence-corrected chi connectivity index (χ3v) is 1.33. The molecule has 0 unspecified atom stereocenters. The number of rotatable bonds is 0. The maximum Gasteiger partial charge on any atom is 0.290 e. The van der Waals surface area contributed by atoms with E-state index in [0.29, 0.717) is 0 Å². The second kappa shape index (κ2) is 8.95. The highest BCUT2D eigenvalue weighted by Crippen LogP contribution is 2.02. The van der Waals surface area contributed by atoms with Gasteiger partial charge in [0.05, 0.1) is 0 Å². The van der Waals surface area contributed by atoms with E-state index in [0.717, 1.165) is 0 Å². The van der Waals surface area contributed by atoms with Gasteiger partial charge in [-0.05, 0) is 25.7 Å². The molecule has 0 spiro atoms. The maximum absolute atomic E-state index is 8.36. The minimum absolute atomic E-state index is 0.250. The van der Waals surface area contributed by atoms with Gasteiger partial charge in [-0.15, -0.1) is 0 Å². The van der Waals surface area contributed by atoms with Crippen LogP contribution in [0.2, 0.25) is 0 Å². The van der Waals surface area contributed by atoms with Gasteiger partial charge in [0.25, 0.3) is 6.47 Å². The van der Waals surface area contributed by atoms with Crippen molar-refractivity contribution in [1.29, 1.82) is 0 Å². The molecule has 62 valence electrons. The van der Waals surface area contributed by atoms with Crippen molar-refractivity contribution in [3.8, 4) is 0 Å². The molecule has 0 aromatic heterocycles. The molecule has 2 nitrogen and oxygen atoms in total. The van der Waals surface area contributed by atoms with Crippen LogP contribution >= 0.6 is 0 Å². The second-order valence-electron chi connectivity index (χ2n) is 2.20. The van der Waals surface area contributed by atoms with Gasteiger partial charge < -0.3 is 5.11 Å². The van der Waals surface area contributed by atoms with E-state index < -0.39 is 0 Å². The SMILES string of the molecule is C1=CCCC=CCC1.O=CO. The summed E-state index contributed by atoms with van der Waals surface area (Å²) in [6.07, 6.45) is 14.0. The lowest BCUT2D eigenvalue weighted by atomic mass is 10.1. The maximum atomic E-state index is 8.36. The average Bonchev–Trinajstić information content (AvgIpc) is 1.86. The molecule has 0 heterocycles. The van der Waals surface area contributed by atoms with Crippen molar-refractivity contribution in [3.63, 3.8) is 0 Å². The topological polar surface area (TPSA) is 37.3 Å². The largest absolute Gasteiger partial charge is 0.483 e. The van der Waals surface area contributed by atoms with Crippen LogP contribution < -0.4 is 0 Å². The molecule has 1 rings (SSSR count). The minimum atomic E-state index is -0.250. The molecule has 0 bridgehead atoms. The lowest BCUT2D eigenvalue weighted by molar-refractivity contribution is -0.122. The molecular formula is C9H14O2. The normalized spacial score (nSPS) is 15.6. The summed E-state index contributed by atoms with van der Waals surface area (Å²) in [5.74, 6) is 0. The van der Waals surface area contributed by atoms with E-state index in [9.17, 15) is 0 Å². The van der Waals surface area contributed by atoms with Gasteiger partial charge in [-0.3, -0.25) is 4.79 Å². The molecule has 0 aromatic rings. The Balaban J connectivity index is 0.000000292. The summed E-state index contributed by atoms with van der Waals surface area (Å²) < 4.78 is 0. The quantitative estimate of drug-likeness (QED) is 0.429. The Morgan fingerprint density at radius 1 is 0.909 bits per heavy atom. The molecule has 0 saturated heterocycles. The molecule has 11 heavy (non-hydrogen) atoms. The van der Waals surface area contributed by atoms with Crippen molar-refractivity contribution in [2.24, 2.45) is 0 Å². The van der Waals surface area contributed by atoms with Crippen LogP contribution in [0.15, 0.2) is 24.3 Å². The predicted molar refractivity (Wildman–Crippen MR) is 45.4 cm³/mol. The van der Waals surface area contributed by atoms with E-state index in [4.69, 9.17) is 9.90 Å². The van der Waals surface area contributed by atoms with E-state index in [-0.39, 0.29) is 6.47 Å². The van der Waals surface area contributed by atoms with Gasteiger partial charge in [0.15, 0.2) is 0 Å². The van der Waals surface area contributed by atoms with Crippen LogP contribution in [-0.2, 0) is 4.79 Å². The highest BCUT2D eigenvalue weighted by molar-refractivity contribution is 5.32. The van der Waals surface area contributed by atoms with Crippen molar-refractivity contribution in [3.05, 3.63) is 24.3 Å². The summed E-state index contributed by atoms with van der Waals surface area (Å²) in [6, 6.07) is 0. The predicted octanol–water partition coefficient (Wildman–Crippen LogP) is 2.37. The van der Waals surface area contributed by atoms with E-state index >= 15 is 0 Å². The van der Waals surface area contributed by atoms with Gasteiger partial charge in [0, 0.05) is 0 Å². The first-order valence-electron chi connectivity index (χ1n) is 3.79. The summed E-state index contributed by atoms with van der Waals surface area (Å²) in [5.41, 5.74) is 0. The van der Waals surface area contributed by atoms with Crippen LogP contribution in [0.25, 0.3) is 0 Å². The zero-order valence-electron chi connectivity index (χ0n) is 6.57. The molecule has 2 heteroatoms. The summed E-state index contributed by atoms with van der Waals surface area (Å²) in [4.78, 5) is 8.36. The van der Waals surface area contributed by atoms with Crippen molar-refractivity contribution in [2.75, 3.05) is 0 Å². The molecule has 1 N–H and O–H groups in total. The van der Waals surface area contributed by atoms with Crippen molar-refractivity contribution in [2.45, 2.75) is 25.7 Å². The van der Waals surface area contributed by atoms with E-state index in [1.165, 1.54) is 25.7 Å². The Kier molecular flexibility index (Phi) is 8.10. The molecule has 0 amide bonds. The standard InChI is InChI=1S/C8H12.CH2O2/c1-2-4-6-8-7-5-3-1;2-1-3/h1-2,7-8H,3-6H2;1H,(H,2,3). The average molecular weight is 154 g/mol. The molecule has 0 saturated carbocycles. The minimum Gasteiger partial charge on any atom is -0.483 e. The Hall–Kier alpha value is -1.05. The first-order chi connectivity index (χ1) is 5.41. The first-order valence-corrected chi connectivity index (χ1v) is 3.79. The molecule has 0 atom stereocenters. The fraction of sp³-hybridized carbons (Fsp3) is 0.444. The summed E-state index contributed by atoms with van der Waals surface area (Å²) in [5, 5.41) is 6.89. The zero-order chi connectivity index (χ0) is 8.36. The fourth-order valence-electron chi connectivity index (χ4n) is 0.856. The van der Waals surface area contributed by atoms with Gasteiger partial charge in [0.1, 0.15) is 0 Å². The number of hydrogen-bond acceptors (Lipinski definition) is 1. The van der Waals surface area contributed by atoms with Gasteiger partial charge >= 0.3 is 0 Å². The lowest BCUT2D eigenvalue weighted by Gasteiger charge is -1.92. The van der Waals surface area contributed by atoms with E-state index in [1.54, 1.807) is 0 Å². The van der Waals surface area contributed by atoms with Crippen molar-refractivity contribution in [1.82, 2.24) is 0 Å². The lowest BCUT2D eigenvalue weighted by Crippen LogP contribution is -1.71. The van der Waals surface area contributed by atoms with Crippen LogP contribution in [0.4, 0.5) is 0 Å². The van der Waals surface area contributed by atoms with Crippen molar-refractivity contribution >= 4 is 6.47 Å². The first kappa shape index (κ1) is 9.95. The fourth-order valence-corrected chi connectivity index (χ4v) is 0.856. The second-order valence-corrected chi connectivity index (χ2v) is 2.20. The zero-order valence-corrected chi connectivity index (χ0v) is 6.57. The number of carbonyl (C=O) groups is 1. The van der Waals surface area contributed by atoms with Crippen molar-refractivity contribution < 1.29 is 9.90 Å². The number of carboxylic acid groups (broad SMARTS) is 1. The van der Waals surface area contributed by atoms with Gasteiger partial charge in [-0.1, -0.05) is 24.3 Å². The van der Waals surface area contributed by atoms with E-state index in [2.05, 4.69) is 24.3 Å². The Morgan fingerprint density at radius 2 is 1.09 bits per heavy atom. The number of hydrogen-bond donors (Lipinski definition) is 1. The molecule has 0 aliphatic heterocycles. The Bertz CT molecular complexity index is 110. The highest BCUT2D eigenvalue weighted by atomic mass is 16.3. The Labute approximate surface area is 67.2 Å². The summed E-state index contributed by atoms with van der Waals surface area (Å²) in [7, 11) is 0. The van der Waals surface area contributed by atoms with Crippen LogP contribution in [-0.4, -0.2) is 11.6 Å². The summed E-state index contributed by atoms with van der Waals surface area (Å²) >= 11 is 0. The van der Waals surface area contributed by atoms with Gasteiger partial charge in [-0.25, -0.2) is 0 Å². The highest BCUT2D eigenvalue weighted by Gasteiger charge is 1.81. The molecule has 0 radical (unpaired) electrons. The molecule has 1 aliphatic rings. The van der Waals surface area contributed by atoms with Crippen LogP contribution in [0.5, 0.6) is 0 Å². The van der Waals surface area contributed by atoms with Crippen LogP contribution in [0.3, 0.4) is 0 Å². The number of allylic oxidation sites excluding steroid dienone is 4.